The van der Waals surface area contributed by atoms with Gasteiger partial charge in [-0.3, -0.25) is 9.13 Å². The summed E-state index contributed by atoms with van der Waals surface area (Å²) in [5.74, 6) is 0.634. The number of aromatic nitrogens is 4. The van der Waals surface area contributed by atoms with Gasteiger partial charge in [-0.05, 0) is 41.5 Å². The molecule has 4 nitrogen and oxygen atoms in total. The average Bonchev–Trinajstić information content (AvgIpc) is 3.65. The van der Waals surface area contributed by atoms with Gasteiger partial charge in [-0.1, -0.05) is 140 Å². The molecule has 0 atom stereocenters. The maximum Gasteiger partial charge on any atom is 0.236 e. The molecule has 0 amide bonds. The molecule has 9 aromatic rings. The number of para-hydroxylation sites is 2. The van der Waals surface area contributed by atoms with Crippen molar-refractivity contribution in [2.45, 2.75) is 0 Å². The fourth-order valence-electron chi connectivity index (χ4n) is 6.66. The normalized spacial score (nSPS) is 11.5. The molecular formula is C42H28N4. The summed E-state index contributed by atoms with van der Waals surface area (Å²) in [5, 5.41) is 3.55. The topological polar surface area (TPSA) is 35.6 Å². The fourth-order valence-corrected chi connectivity index (χ4v) is 6.66. The third-order valence-corrected chi connectivity index (χ3v) is 8.74. The number of nitrogens with zero attached hydrogens (tertiary/aromatic N) is 4. The zero-order valence-corrected chi connectivity index (χ0v) is 25.0. The predicted molar refractivity (Wildman–Crippen MR) is 190 cm³/mol. The summed E-state index contributed by atoms with van der Waals surface area (Å²) in [6, 6.07) is 59.4. The standard InChI is InChI=1S/C42H28N4/c1-4-15-29(16-5-1)32-21-14-22-33(27-32)45-38-25-12-10-23-34(38)40-35-24-11-13-26-39(35)46(41(40)45)42-43-36(30-17-6-2-7-18-30)28-37(44-42)31-19-8-3-9-20-31/h1-28H. The molecule has 46 heavy (non-hydrogen) atoms. The lowest BCUT2D eigenvalue weighted by Gasteiger charge is -2.15. The Morgan fingerprint density at radius 1 is 0.370 bits per heavy atom. The van der Waals surface area contributed by atoms with Crippen LogP contribution in [-0.4, -0.2) is 19.1 Å². The van der Waals surface area contributed by atoms with Gasteiger partial charge in [0.1, 0.15) is 5.65 Å². The third kappa shape index (κ3) is 4.23. The van der Waals surface area contributed by atoms with Crippen LogP contribution in [0.15, 0.2) is 170 Å². The Balaban J connectivity index is 1.41. The highest BCUT2D eigenvalue weighted by molar-refractivity contribution is 6.22. The van der Waals surface area contributed by atoms with Crippen LogP contribution in [0.5, 0.6) is 0 Å². The van der Waals surface area contributed by atoms with E-state index in [-0.39, 0.29) is 0 Å². The molecule has 0 aliphatic heterocycles. The molecule has 0 bridgehead atoms. The number of rotatable bonds is 5. The Morgan fingerprint density at radius 2 is 0.848 bits per heavy atom. The van der Waals surface area contributed by atoms with E-state index >= 15 is 0 Å². The summed E-state index contributed by atoms with van der Waals surface area (Å²) in [5.41, 5.74) is 10.5. The summed E-state index contributed by atoms with van der Waals surface area (Å²) >= 11 is 0. The Kier molecular flexibility index (Phi) is 6.10. The highest BCUT2D eigenvalue weighted by atomic mass is 15.2. The van der Waals surface area contributed by atoms with Crippen molar-refractivity contribution in [3.8, 4) is 45.3 Å². The van der Waals surface area contributed by atoms with E-state index in [0.29, 0.717) is 5.95 Å². The molecule has 0 saturated carbocycles. The largest absolute Gasteiger partial charge is 0.295 e. The number of hydrogen-bond donors (Lipinski definition) is 0. The van der Waals surface area contributed by atoms with Crippen LogP contribution in [0.25, 0.3) is 78.1 Å². The van der Waals surface area contributed by atoms with Crippen molar-refractivity contribution >= 4 is 32.8 Å². The van der Waals surface area contributed by atoms with Crippen LogP contribution >= 0.6 is 0 Å². The van der Waals surface area contributed by atoms with E-state index in [1.54, 1.807) is 0 Å². The zero-order chi connectivity index (χ0) is 30.5. The number of fused-ring (bicyclic) bond motifs is 5. The minimum Gasteiger partial charge on any atom is -0.295 e. The van der Waals surface area contributed by atoms with Crippen molar-refractivity contribution in [1.82, 2.24) is 19.1 Å². The van der Waals surface area contributed by atoms with E-state index in [1.165, 1.54) is 27.3 Å². The lowest BCUT2D eigenvalue weighted by molar-refractivity contribution is 0.964. The van der Waals surface area contributed by atoms with Gasteiger partial charge in [0.25, 0.3) is 0 Å². The van der Waals surface area contributed by atoms with Crippen LogP contribution in [-0.2, 0) is 0 Å². The highest BCUT2D eigenvalue weighted by Gasteiger charge is 2.24. The smallest absolute Gasteiger partial charge is 0.236 e. The summed E-state index contributed by atoms with van der Waals surface area (Å²) in [4.78, 5) is 10.6. The molecule has 6 aromatic carbocycles. The van der Waals surface area contributed by atoms with E-state index < -0.39 is 0 Å². The molecule has 0 aliphatic carbocycles. The molecule has 0 spiro atoms. The monoisotopic (exact) mass is 588 g/mol. The van der Waals surface area contributed by atoms with Gasteiger partial charge in [0.15, 0.2) is 0 Å². The van der Waals surface area contributed by atoms with Crippen molar-refractivity contribution < 1.29 is 0 Å². The SMILES string of the molecule is c1ccc(-c2cccc(-n3c4ccccc4c4c5ccccc5n(-c5nc(-c6ccccc6)cc(-c6ccccc6)n5)c43)c2)cc1. The van der Waals surface area contributed by atoms with E-state index in [4.69, 9.17) is 9.97 Å². The first-order valence-corrected chi connectivity index (χ1v) is 15.5. The van der Waals surface area contributed by atoms with Crippen LogP contribution in [0.2, 0.25) is 0 Å². The molecule has 9 rings (SSSR count). The first kappa shape index (κ1) is 26.2. The van der Waals surface area contributed by atoms with Crippen molar-refractivity contribution in [1.29, 1.82) is 0 Å². The van der Waals surface area contributed by atoms with Crippen LogP contribution in [0.4, 0.5) is 0 Å². The maximum atomic E-state index is 5.28. The molecule has 0 unspecified atom stereocenters. The Hall–Kier alpha value is -6.26. The molecule has 0 N–H and O–H groups in total. The number of benzene rings is 6. The summed E-state index contributed by atoms with van der Waals surface area (Å²) in [6.45, 7) is 0. The first-order valence-electron chi connectivity index (χ1n) is 15.5. The van der Waals surface area contributed by atoms with Gasteiger partial charge < -0.3 is 0 Å². The average molecular weight is 589 g/mol. The summed E-state index contributed by atoms with van der Waals surface area (Å²) in [6.07, 6.45) is 0. The minimum absolute atomic E-state index is 0.634. The van der Waals surface area contributed by atoms with Crippen molar-refractivity contribution in [3.05, 3.63) is 170 Å². The zero-order valence-electron chi connectivity index (χ0n) is 25.0. The molecule has 216 valence electrons. The van der Waals surface area contributed by atoms with Gasteiger partial charge in [-0.2, -0.15) is 0 Å². The molecule has 0 aliphatic rings. The van der Waals surface area contributed by atoms with Gasteiger partial charge in [-0.25, -0.2) is 9.97 Å². The van der Waals surface area contributed by atoms with E-state index in [0.717, 1.165) is 44.9 Å². The number of hydrogen-bond acceptors (Lipinski definition) is 2. The van der Waals surface area contributed by atoms with Crippen LogP contribution in [0, 0.1) is 0 Å². The third-order valence-electron chi connectivity index (χ3n) is 8.74. The summed E-state index contributed by atoms with van der Waals surface area (Å²) < 4.78 is 4.62. The molecule has 0 saturated heterocycles. The molecule has 0 radical (unpaired) electrons. The van der Waals surface area contributed by atoms with E-state index in [1.807, 2.05) is 12.1 Å². The highest BCUT2D eigenvalue weighted by Crippen LogP contribution is 2.41. The first-order chi connectivity index (χ1) is 22.8. The van der Waals surface area contributed by atoms with Gasteiger partial charge >= 0.3 is 0 Å². The van der Waals surface area contributed by atoms with Gasteiger partial charge in [0.2, 0.25) is 5.95 Å². The minimum atomic E-state index is 0.634. The molecular weight excluding hydrogens is 560 g/mol. The van der Waals surface area contributed by atoms with Crippen LogP contribution in [0.3, 0.4) is 0 Å². The van der Waals surface area contributed by atoms with Crippen molar-refractivity contribution in [3.63, 3.8) is 0 Å². The quantitative estimate of drug-likeness (QED) is 0.200. The lowest BCUT2D eigenvalue weighted by atomic mass is 10.1. The Labute approximate surface area is 266 Å². The van der Waals surface area contributed by atoms with Gasteiger partial charge in [-0.15, -0.1) is 0 Å². The van der Waals surface area contributed by atoms with E-state index in [9.17, 15) is 0 Å². The second kappa shape index (κ2) is 10.7. The summed E-state index contributed by atoms with van der Waals surface area (Å²) in [7, 11) is 0. The van der Waals surface area contributed by atoms with Crippen LogP contribution in [0.1, 0.15) is 0 Å². The molecule has 0 fully saturated rings. The second-order valence-electron chi connectivity index (χ2n) is 11.5. The fraction of sp³-hybridized carbons (Fsp3) is 0. The second-order valence-corrected chi connectivity index (χ2v) is 11.5. The van der Waals surface area contributed by atoms with Gasteiger partial charge in [0, 0.05) is 33.0 Å². The molecule has 3 aromatic heterocycles. The van der Waals surface area contributed by atoms with Crippen molar-refractivity contribution in [2.24, 2.45) is 0 Å². The Bertz CT molecular complexity index is 2450. The Morgan fingerprint density at radius 3 is 1.43 bits per heavy atom. The van der Waals surface area contributed by atoms with Gasteiger partial charge in [0.05, 0.1) is 22.4 Å². The molecule has 3 heterocycles. The van der Waals surface area contributed by atoms with Crippen molar-refractivity contribution in [2.75, 3.05) is 0 Å². The van der Waals surface area contributed by atoms with E-state index in [2.05, 4.69) is 167 Å². The maximum absolute atomic E-state index is 5.28. The molecule has 4 heteroatoms. The lowest BCUT2D eigenvalue weighted by Crippen LogP contribution is -2.07. The predicted octanol–water partition coefficient (Wildman–Crippen LogP) is 10.5. The van der Waals surface area contributed by atoms with Crippen LogP contribution < -0.4 is 0 Å².